The van der Waals surface area contributed by atoms with E-state index in [0.29, 0.717) is 80.5 Å². The van der Waals surface area contributed by atoms with Crippen molar-refractivity contribution in [2.75, 3.05) is 38.8 Å². The van der Waals surface area contributed by atoms with Gasteiger partial charge in [-0.2, -0.15) is 35.1 Å². The topological polar surface area (TPSA) is 213 Å². The first-order chi connectivity index (χ1) is 36.0. The van der Waals surface area contributed by atoms with Crippen molar-refractivity contribution in [3.8, 4) is 11.8 Å². The van der Waals surface area contributed by atoms with E-state index in [2.05, 4.69) is 52.3 Å². The number of aliphatic hydroxyl groups excluding tert-OH is 1. The third kappa shape index (κ3) is 15.8. The van der Waals surface area contributed by atoms with Crippen LogP contribution in [0.4, 0.5) is 54.5 Å². The van der Waals surface area contributed by atoms with Crippen LogP contribution in [0.1, 0.15) is 74.8 Å². The summed E-state index contributed by atoms with van der Waals surface area (Å²) >= 11 is 0. The number of benzene rings is 2. The second-order valence-corrected chi connectivity index (χ2v) is 19.6. The summed E-state index contributed by atoms with van der Waals surface area (Å²) in [6.07, 6.45) is -10.6. The average molecular weight is 1100 g/mol. The highest BCUT2D eigenvalue weighted by Crippen LogP contribution is 2.45. The van der Waals surface area contributed by atoms with Crippen molar-refractivity contribution in [3.63, 3.8) is 0 Å². The number of allylic oxidation sites excluding steroid dienone is 1. The highest BCUT2D eigenvalue weighted by molar-refractivity contribution is 6.09. The zero-order valence-corrected chi connectivity index (χ0v) is 42.6. The van der Waals surface area contributed by atoms with Crippen molar-refractivity contribution < 1.29 is 77.7 Å². The van der Waals surface area contributed by atoms with E-state index in [9.17, 15) is 59.4 Å². The summed E-state index contributed by atoms with van der Waals surface area (Å²) in [5, 5.41) is 20.3. The number of nitrogens with zero attached hydrogens (tertiary/aromatic N) is 4. The number of aliphatic hydroxyl groups is 1. The molecule has 420 valence electrons. The van der Waals surface area contributed by atoms with Gasteiger partial charge in [-0.1, -0.05) is 37.8 Å². The molecule has 0 radical (unpaired) electrons. The number of nitrogens with one attached hydrogen (secondary N) is 4. The second kappa shape index (κ2) is 25.4. The van der Waals surface area contributed by atoms with E-state index < -0.39 is 126 Å². The van der Waals surface area contributed by atoms with Crippen molar-refractivity contribution in [2.24, 2.45) is 27.5 Å². The number of fused-ring (bicyclic) bond motifs is 2. The van der Waals surface area contributed by atoms with Crippen LogP contribution in [0.5, 0.6) is 0 Å². The van der Waals surface area contributed by atoms with Gasteiger partial charge in [0, 0.05) is 79.1 Å². The largest absolute Gasteiger partial charge is 0.469 e. The Balaban J connectivity index is 1.53. The molecule has 26 heteroatoms. The number of rotatable bonds is 20. The normalized spacial score (nSPS) is 17.8. The quantitative estimate of drug-likeness (QED) is 0.0184. The van der Waals surface area contributed by atoms with Crippen LogP contribution in [0.25, 0.3) is 5.57 Å². The maximum Gasteiger partial charge on any atom is 0.407 e. The molecule has 3 aromatic rings. The molecule has 2 aliphatic heterocycles. The van der Waals surface area contributed by atoms with Gasteiger partial charge >= 0.3 is 31.0 Å². The van der Waals surface area contributed by atoms with Crippen molar-refractivity contribution in [1.29, 1.82) is 0 Å². The summed E-state index contributed by atoms with van der Waals surface area (Å²) < 4.78 is 154. The number of amides is 3. The molecule has 6 atom stereocenters. The molecule has 0 saturated carbocycles. The molecule has 5 rings (SSSR count). The Morgan fingerprint density at radius 2 is 1.47 bits per heavy atom. The summed E-state index contributed by atoms with van der Waals surface area (Å²) in [5.41, 5.74) is 1.06. The average Bonchev–Trinajstić information content (AvgIpc) is 3.70. The van der Waals surface area contributed by atoms with E-state index in [1.54, 1.807) is 6.20 Å². The molecular weight excluding hydrogens is 1040 g/mol. The Kier molecular flexibility index (Phi) is 20.1. The fourth-order valence-electron chi connectivity index (χ4n) is 8.54. The number of anilines is 1. The van der Waals surface area contributed by atoms with Crippen LogP contribution in [0.3, 0.4) is 0 Å². The van der Waals surface area contributed by atoms with Gasteiger partial charge in [-0.3, -0.25) is 19.8 Å². The molecule has 7 N–H and O–H groups in total. The van der Waals surface area contributed by atoms with Crippen LogP contribution in [-0.2, 0) is 36.8 Å². The molecular formula is C51H59F10N9O7. The monoisotopic (exact) mass is 1100 g/mol. The fraction of sp³-hybridized carbons (Fsp3) is 0.490. The number of carbonyl (C=O) groups is 4. The number of halogens is 10. The molecule has 2 aliphatic rings. The molecule has 1 aromatic heterocycles. The summed E-state index contributed by atoms with van der Waals surface area (Å²) in [6, 6.07) is 7.54. The van der Waals surface area contributed by atoms with Crippen molar-refractivity contribution in [1.82, 2.24) is 31.4 Å². The molecule has 0 spiro atoms. The Hall–Kier alpha value is -6.98. The standard InChI is InChI=1S/C51H59F10N9O7/c1-48(2,50(56,57)58)36(20-42(72)76-5)44(73)68-70(26-35-37(52)18-31(19-38(35)53)32(21-62)23-64-46(54)55)27-40(71)39(66-45(74)43(67-47(75)77-6)49(3,4)51(59,60)61)17-29-10-7-28(8-11-29)9-12-30-13-16-41(63-22-30)69-24-33-14-15-34(25-69)65-33/h7-8,10-11,13,16,18-19,21-23,33-34,36,39-40,43,46,65,71H,14-15,17,20,24-27,62H2,1-6H3,(H,66,74)(H,67,75)(H,68,73)/t33?,34?,36-,39+,40+,43-/m1/s1. The van der Waals surface area contributed by atoms with Gasteiger partial charge in [-0.15, -0.1) is 0 Å². The van der Waals surface area contributed by atoms with Crippen LogP contribution in [0.15, 0.2) is 65.9 Å². The minimum absolute atomic E-state index is 0.274. The summed E-state index contributed by atoms with van der Waals surface area (Å²) in [7, 11) is 1.66. The first kappa shape index (κ1) is 60.9. The van der Waals surface area contributed by atoms with E-state index in [4.69, 9.17) is 5.73 Å². The number of hydrogen-bond donors (Lipinski definition) is 6. The number of esters is 1. The Morgan fingerprint density at radius 1 is 0.883 bits per heavy atom. The third-order valence-corrected chi connectivity index (χ3v) is 13.5. The number of hydrazine groups is 1. The smallest absolute Gasteiger partial charge is 0.407 e. The van der Waals surface area contributed by atoms with E-state index in [0.717, 1.165) is 46.0 Å². The zero-order chi connectivity index (χ0) is 57.2. The minimum Gasteiger partial charge on any atom is -0.469 e. The highest BCUT2D eigenvalue weighted by atomic mass is 19.4. The molecule has 0 aliphatic carbocycles. The molecule has 16 nitrogen and oxygen atoms in total. The van der Waals surface area contributed by atoms with Crippen LogP contribution in [0.2, 0.25) is 0 Å². The van der Waals surface area contributed by atoms with Crippen LogP contribution in [-0.4, -0.2) is 128 Å². The molecule has 3 heterocycles. The van der Waals surface area contributed by atoms with Crippen molar-refractivity contribution >= 4 is 41.5 Å². The highest BCUT2D eigenvalue weighted by Gasteiger charge is 2.57. The van der Waals surface area contributed by atoms with E-state index in [-0.39, 0.29) is 11.1 Å². The van der Waals surface area contributed by atoms with Crippen molar-refractivity contribution in [2.45, 2.75) is 109 Å². The number of methoxy groups -OCH3 is 2. The van der Waals surface area contributed by atoms with Gasteiger partial charge in [-0.25, -0.2) is 28.6 Å². The SMILES string of the molecule is COC(=O)C[C@H](C(=O)NN(Cc1c(F)cc(C(C=NC(F)F)=CN)cc1F)C[C@H](O)[C@H](Cc1ccc(C#Cc2ccc(N3CC4CCC(C3)N4)nc2)cc1)NC(=O)[C@@H](NC(=O)OC)C(C)(C)C(F)(F)F)C(C)(C)C(F)(F)F. The number of piperazine rings is 1. The molecule has 2 fully saturated rings. The van der Waals surface area contributed by atoms with Crippen molar-refractivity contribution in [3.05, 3.63) is 100 Å². The van der Waals surface area contributed by atoms with Gasteiger partial charge < -0.3 is 41.2 Å². The van der Waals surface area contributed by atoms with Gasteiger partial charge in [0.15, 0.2) is 0 Å². The van der Waals surface area contributed by atoms with Gasteiger partial charge in [0.2, 0.25) is 11.8 Å². The van der Waals surface area contributed by atoms with E-state index in [1.165, 1.54) is 24.3 Å². The van der Waals surface area contributed by atoms with Crippen LogP contribution in [0, 0.1) is 40.2 Å². The lowest BCUT2D eigenvalue weighted by Gasteiger charge is -2.38. The lowest BCUT2D eigenvalue weighted by Crippen LogP contribution is -2.62. The number of aromatic nitrogens is 1. The predicted molar refractivity (Wildman–Crippen MR) is 261 cm³/mol. The predicted octanol–water partition coefficient (Wildman–Crippen LogP) is 6.30. The minimum atomic E-state index is -5.17. The number of nitrogens with two attached hydrogens (primary N) is 1. The van der Waals surface area contributed by atoms with Gasteiger partial charge in [0.05, 0.1) is 49.5 Å². The maximum atomic E-state index is 16.0. The van der Waals surface area contributed by atoms with Gasteiger partial charge in [0.1, 0.15) is 23.5 Å². The van der Waals surface area contributed by atoms with Gasteiger partial charge in [0.25, 0.3) is 0 Å². The summed E-state index contributed by atoms with van der Waals surface area (Å²) in [4.78, 5) is 62.5. The van der Waals surface area contributed by atoms with E-state index in [1.807, 2.05) is 17.4 Å². The first-order valence-electron chi connectivity index (χ1n) is 23.9. The fourth-order valence-corrected chi connectivity index (χ4v) is 8.54. The number of ether oxygens (including phenoxy) is 2. The van der Waals surface area contributed by atoms with Gasteiger partial charge in [-0.05, 0) is 80.6 Å². The summed E-state index contributed by atoms with van der Waals surface area (Å²) in [6.45, 7) is -1.48. The lowest BCUT2D eigenvalue weighted by atomic mass is 9.75. The second-order valence-electron chi connectivity index (χ2n) is 19.6. The molecule has 2 saturated heterocycles. The molecule has 77 heavy (non-hydrogen) atoms. The first-order valence-corrected chi connectivity index (χ1v) is 23.9. The Bertz CT molecular complexity index is 2660. The Morgan fingerprint density at radius 3 is 1.99 bits per heavy atom. The number of alkyl carbamates (subject to hydrolysis) is 1. The van der Waals surface area contributed by atoms with Crippen LogP contribution >= 0.6 is 0 Å². The lowest BCUT2D eigenvalue weighted by molar-refractivity contribution is -0.231. The number of carbonyl (C=O) groups excluding carboxylic acids is 4. The number of alkyl halides is 8. The zero-order valence-electron chi connectivity index (χ0n) is 42.6. The number of pyridine rings is 1. The van der Waals surface area contributed by atoms with E-state index >= 15 is 8.78 Å². The molecule has 2 bridgehead atoms. The third-order valence-electron chi connectivity index (χ3n) is 13.5. The summed E-state index contributed by atoms with van der Waals surface area (Å²) in [5.74, 6) is -2.83. The number of hydrogen-bond acceptors (Lipinski definition) is 13. The molecule has 2 unspecified atom stereocenters. The maximum absolute atomic E-state index is 16.0. The number of aliphatic imine (C=N–C) groups is 1. The molecule has 3 amide bonds. The van der Waals surface area contributed by atoms with Crippen LogP contribution < -0.4 is 32.0 Å². The molecule has 2 aromatic carbocycles. The Labute approximate surface area is 437 Å².